The second kappa shape index (κ2) is 11.7. The van der Waals surface area contributed by atoms with Crippen LogP contribution in [0.25, 0.3) is 0 Å². The van der Waals surface area contributed by atoms with Gasteiger partial charge in [0.2, 0.25) is 5.91 Å². The van der Waals surface area contributed by atoms with Crippen molar-refractivity contribution in [3.05, 3.63) is 46.9 Å². The number of carbonyl (C=O) groups is 1. The van der Waals surface area contributed by atoms with E-state index >= 15 is 0 Å². The maximum absolute atomic E-state index is 13.7. The fourth-order valence-corrected chi connectivity index (χ4v) is 5.33. The SMILES string of the molecule is COc1ccc(NC(C)=O)cc1S(=O)(=O)N(CCCCCCBr)c1ccc(Br)cc1. The number of methoxy groups -OCH3 is 1. The summed E-state index contributed by atoms with van der Waals surface area (Å²) in [4.78, 5) is 11.4. The lowest BCUT2D eigenvalue weighted by Crippen LogP contribution is -2.32. The summed E-state index contributed by atoms with van der Waals surface area (Å²) in [6.45, 7) is 1.72. The summed E-state index contributed by atoms with van der Waals surface area (Å²) < 4.78 is 34.9. The van der Waals surface area contributed by atoms with Gasteiger partial charge in [-0.15, -0.1) is 0 Å². The first-order valence-corrected chi connectivity index (χ1v) is 12.9. The predicted octanol–water partition coefficient (Wildman–Crippen LogP) is 5.57. The number of sulfonamides is 1. The number of hydrogen-bond acceptors (Lipinski definition) is 4. The summed E-state index contributed by atoms with van der Waals surface area (Å²) in [7, 11) is -2.50. The van der Waals surface area contributed by atoms with Gasteiger partial charge in [0.25, 0.3) is 10.0 Å². The number of carbonyl (C=O) groups excluding carboxylic acids is 1. The summed E-state index contributed by atoms with van der Waals surface area (Å²) >= 11 is 6.81. The third kappa shape index (κ3) is 6.72. The number of ether oxygens (including phenoxy) is 1. The van der Waals surface area contributed by atoms with Gasteiger partial charge < -0.3 is 10.1 Å². The molecular formula is C21H26Br2N2O4S. The zero-order valence-corrected chi connectivity index (χ0v) is 21.0. The smallest absolute Gasteiger partial charge is 0.268 e. The van der Waals surface area contributed by atoms with Crippen molar-refractivity contribution in [1.29, 1.82) is 0 Å². The fraction of sp³-hybridized carbons (Fsp3) is 0.381. The minimum Gasteiger partial charge on any atom is -0.495 e. The van der Waals surface area contributed by atoms with Gasteiger partial charge in [-0.3, -0.25) is 9.10 Å². The molecule has 164 valence electrons. The molecule has 0 aliphatic heterocycles. The Kier molecular flexibility index (Phi) is 9.64. The minimum absolute atomic E-state index is 0.0135. The number of rotatable bonds is 11. The molecule has 1 N–H and O–H groups in total. The second-order valence-corrected chi connectivity index (χ2v) is 10.2. The molecule has 2 rings (SSSR count). The molecule has 9 heteroatoms. The van der Waals surface area contributed by atoms with Crippen LogP contribution in [-0.2, 0) is 14.8 Å². The Hall–Kier alpha value is -1.58. The summed E-state index contributed by atoms with van der Waals surface area (Å²) in [6.07, 6.45) is 3.74. The molecule has 0 atom stereocenters. The molecule has 0 bridgehead atoms. The zero-order valence-electron chi connectivity index (χ0n) is 17.0. The standard InChI is InChI=1S/C21H26Br2N2O4S/c1-16(26)24-18-9-12-20(29-2)21(15-18)30(27,28)25(14-6-4-3-5-13-22)19-10-7-17(23)8-11-19/h7-12,15H,3-6,13-14H2,1-2H3,(H,24,26). The number of anilines is 2. The van der Waals surface area contributed by atoms with Crippen molar-refractivity contribution < 1.29 is 17.9 Å². The van der Waals surface area contributed by atoms with Crippen LogP contribution >= 0.6 is 31.9 Å². The normalized spacial score (nSPS) is 11.2. The number of halogens is 2. The average molecular weight is 562 g/mol. The highest BCUT2D eigenvalue weighted by molar-refractivity contribution is 9.10. The quantitative estimate of drug-likeness (QED) is 0.287. The van der Waals surface area contributed by atoms with Crippen molar-refractivity contribution in [3.63, 3.8) is 0 Å². The Morgan fingerprint density at radius 2 is 1.73 bits per heavy atom. The molecule has 0 aliphatic carbocycles. The van der Waals surface area contributed by atoms with E-state index < -0.39 is 10.0 Å². The lowest BCUT2D eigenvalue weighted by Gasteiger charge is -2.26. The number of nitrogens with zero attached hydrogens (tertiary/aromatic N) is 1. The highest BCUT2D eigenvalue weighted by Crippen LogP contribution is 2.33. The van der Waals surface area contributed by atoms with Crippen LogP contribution in [0, 0.1) is 0 Å². The van der Waals surface area contributed by atoms with Gasteiger partial charge in [0.1, 0.15) is 10.6 Å². The van der Waals surface area contributed by atoms with Gasteiger partial charge in [-0.25, -0.2) is 8.42 Å². The topological polar surface area (TPSA) is 75.7 Å². The third-order valence-electron chi connectivity index (χ3n) is 4.41. The minimum atomic E-state index is -3.93. The van der Waals surface area contributed by atoms with Gasteiger partial charge in [-0.05, 0) is 55.3 Å². The van der Waals surface area contributed by atoms with E-state index in [9.17, 15) is 13.2 Å². The van der Waals surface area contributed by atoms with E-state index in [0.717, 1.165) is 35.5 Å². The van der Waals surface area contributed by atoms with E-state index in [1.165, 1.54) is 24.4 Å². The predicted molar refractivity (Wildman–Crippen MR) is 128 cm³/mol. The Morgan fingerprint density at radius 1 is 1.07 bits per heavy atom. The molecule has 0 aromatic heterocycles. The van der Waals surface area contributed by atoms with Crippen LogP contribution in [0.3, 0.4) is 0 Å². The summed E-state index contributed by atoms with van der Waals surface area (Å²) in [5, 5.41) is 3.57. The van der Waals surface area contributed by atoms with Gasteiger partial charge in [0, 0.05) is 29.0 Å². The maximum atomic E-state index is 13.7. The van der Waals surface area contributed by atoms with Crippen LogP contribution in [0.5, 0.6) is 5.75 Å². The molecule has 1 amide bonds. The first kappa shape index (κ1) is 24.7. The van der Waals surface area contributed by atoms with Gasteiger partial charge in [0.15, 0.2) is 0 Å². The molecule has 0 heterocycles. The first-order valence-electron chi connectivity index (χ1n) is 9.59. The molecule has 0 unspecified atom stereocenters. The Labute approximate surface area is 195 Å². The van der Waals surface area contributed by atoms with E-state index in [1.54, 1.807) is 24.3 Å². The third-order valence-corrected chi connectivity index (χ3v) is 7.35. The van der Waals surface area contributed by atoms with Crippen molar-refractivity contribution in [1.82, 2.24) is 0 Å². The molecule has 0 spiro atoms. The summed E-state index contributed by atoms with van der Waals surface area (Å²) in [5.41, 5.74) is 0.973. The van der Waals surface area contributed by atoms with Crippen molar-refractivity contribution in [2.45, 2.75) is 37.5 Å². The number of alkyl halides is 1. The maximum Gasteiger partial charge on any atom is 0.268 e. The first-order chi connectivity index (χ1) is 14.3. The van der Waals surface area contributed by atoms with Crippen LogP contribution < -0.4 is 14.4 Å². The van der Waals surface area contributed by atoms with Gasteiger partial charge in [0.05, 0.1) is 12.8 Å². The molecule has 0 fully saturated rings. The van der Waals surface area contributed by atoms with Crippen LogP contribution in [0.4, 0.5) is 11.4 Å². The largest absolute Gasteiger partial charge is 0.495 e. The molecule has 2 aromatic carbocycles. The highest BCUT2D eigenvalue weighted by atomic mass is 79.9. The van der Waals surface area contributed by atoms with Crippen LogP contribution in [0.15, 0.2) is 51.8 Å². The Morgan fingerprint density at radius 3 is 2.33 bits per heavy atom. The monoisotopic (exact) mass is 560 g/mol. The van der Waals surface area contributed by atoms with Crippen molar-refractivity contribution in [3.8, 4) is 5.75 Å². The second-order valence-electron chi connectivity index (χ2n) is 6.70. The summed E-state index contributed by atoms with van der Waals surface area (Å²) in [5.74, 6) is -0.0504. The lowest BCUT2D eigenvalue weighted by molar-refractivity contribution is -0.114. The van der Waals surface area contributed by atoms with Gasteiger partial charge >= 0.3 is 0 Å². The van der Waals surface area contributed by atoms with E-state index in [2.05, 4.69) is 37.2 Å². The number of benzene rings is 2. The van der Waals surface area contributed by atoms with Gasteiger partial charge in [-0.2, -0.15) is 0 Å². The number of nitrogens with one attached hydrogen (secondary N) is 1. The highest BCUT2D eigenvalue weighted by Gasteiger charge is 2.28. The van der Waals surface area contributed by atoms with E-state index in [1.807, 2.05) is 12.1 Å². The molecular weight excluding hydrogens is 536 g/mol. The molecule has 0 saturated heterocycles. The Bertz CT molecular complexity index is 950. The number of amides is 1. The number of hydrogen-bond donors (Lipinski definition) is 1. The molecule has 6 nitrogen and oxygen atoms in total. The molecule has 0 aliphatic rings. The Balaban J connectivity index is 2.44. The molecule has 0 radical (unpaired) electrons. The van der Waals surface area contributed by atoms with E-state index in [0.29, 0.717) is 17.9 Å². The van der Waals surface area contributed by atoms with Crippen LogP contribution in [-0.4, -0.2) is 33.3 Å². The van der Waals surface area contributed by atoms with Gasteiger partial charge in [-0.1, -0.05) is 44.7 Å². The number of unbranched alkanes of at least 4 members (excludes halogenated alkanes) is 3. The molecule has 30 heavy (non-hydrogen) atoms. The van der Waals surface area contributed by atoms with E-state index in [4.69, 9.17) is 4.74 Å². The lowest BCUT2D eigenvalue weighted by atomic mass is 10.2. The zero-order chi connectivity index (χ0) is 22.1. The fourth-order valence-electron chi connectivity index (χ4n) is 2.98. The average Bonchev–Trinajstić information content (AvgIpc) is 2.71. The van der Waals surface area contributed by atoms with Crippen LogP contribution in [0.1, 0.15) is 32.6 Å². The van der Waals surface area contributed by atoms with Crippen LogP contribution in [0.2, 0.25) is 0 Å². The summed E-state index contributed by atoms with van der Waals surface area (Å²) in [6, 6.07) is 11.8. The van der Waals surface area contributed by atoms with Crippen molar-refractivity contribution in [2.24, 2.45) is 0 Å². The molecule has 0 saturated carbocycles. The van der Waals surface area contributed by atoms with Crippen molar-refractivity contribution in [2.75, 3.05) is 28.6 Å². The van der Waals surface area contributed by atoms with E-state index in [-0.39, 0.29) is 16.6 Å². The van der Waals surface area contributed by atoms with Crippen molar-refractivity contribution >= 4 is 59.2 Å². The molecule has 2 aromatic rings.